The minimum Gasteiger partial charge on any atom is -0.341 e. The van der Waals surface area contributed by atoms with Gasteiger partial charge in [-0.3, -0.25) is 9.48 Å². The Kier molecular flexibility index (Phi) is 3.82. The monoisotopic (exact) mass is 300 g/mol. The lowest BCUT2D eigenvalue weighted by Gasteiger charge is -2.21. The zero-order chi connectivity index (χ0) is 15.5. The third-order valence-corrected chi connectivity index (χ3v) is 3.46. The molecule has 0 saturated carbocycles. The van der Waals surface area contributed by atoms with Crippen molar-refractivity contribution >= 4 is 16.9 Å². The van der Waals surface area contributed by atoms with Gasteiger partial charge in [0.05, 0.1) is 12.5 Å². The first kappa shape index (κ1) is 14.2. The summed E-state index contributed by atoms with van der Waals surface area (Å²) in [7, 11) is 1.78. The smallest absolute Gasteiger partial charge is 0.227 e. The molecule has 8 nitrogen and oxygen atoms in total. The predicted molar refractivity (Wildman–Crippen MR) is 77.5 cm³/mol. The number of hydrogen-bond acceptors (Lipinski definition) is 6. The molecule has 0 aliphatic heterocycles. The lowest BCUT2D eigenvalue weighted by Crippen LogP contribution is -2.33. The maximum Gasteiger partial charge on any atom is 0.227 e. The van der Waals surface area contributed by atoms with Crippen LogP contribution in [0.4, 0.5) is 0 Å². The molecule has 22 heavy (non-hydrogen) atoms. The van der Waals surface area contributed by atoms with Crippen molar-refractivity contribution in [2.45, 2.75) is 20.0 Å². The lowest BCUT2D eigenvalue weighted by molar-refractivity contribution is -0.134. The van der Waals surface area contributed by atoms with Gasteiger partial charge in [0.2, 0.25) is 5.91 Å². The summed E-state index contributed by atoms with van der Waals surface area (Å²) in [6.07, 6.45) is 3.07. The maximum absolute atomic E-state index is 12.4. The Morgan fingerprint density at radius 3 is 2.95 bits per heavy atom. The normalized spacial score (nSPS) is 12.5. The van der Waals surface area contributed by atoms with E-state index in [1.165, 1.54) is 6.33 Å². The van der Waals surface area contributed by atoms with Crippen molar-refractivity contribution in [1.29, 1.82) is 0 Å². The van der Waals surface area contributed by atoms with Crippen molar-refractivity contribution in [2.75, 3.05) is 7.05 Å². The second-order valence-corrected chi connectivity index (χ2v) is 5.30. The summed E-state index contributed by atoms with van der Waals surface area (Å²) in [6, 6.07) is 5.62. The van der Waals surface area contributed by atoms with Crippen LogP contribution in [-0.4, -0.2) is 42.9 Å². The van der Waals surface area contributed by atoms with E-state index < -0.39 is 0 Å². The summed E-state index contributed by atoms with van der Waals surface area (Å²) < 4.78 is 6.33. The van der Waals surface area contributed by atoms with Crippen LogP contribution in [0.5, 0.6) is 0 Å². The number of nitrogens with zero attached hydrogens (tertiary/aromatic N) is 6. The Morgan fingerprint density at radius 1 is 1.36 bits per heavy atom. The van der Waals surface area contributed by atoms with E-state index in [0.717, 1.165) is 5.56 Å². The van der Waals surface area contributed by atoms with E-state index in [1.54, 1.807) is 23.0 Å². The predicted octanol–water partition coefficient (Wildman–Crippen LogP) is 1.11. The number of carbonyl (C=O) groups is 1. The number of rotatable bonds is 5. The summed E-state index contributed by atoms with van der Waals surface area (Å²) in [5.74, 6) is -0.127. The van der Waals surface area contributed by atoms with Gasteiger partial charge in [-0.25, -0.2) is 9.61 Å². The molecule has 2 aromatic heterocycles. The number of carbonyl (C=O) groups excluding carboxylic acids is 1. The average molecular weight is 300 g/mol. The Morgan fingerprint density at radius 2 is 2.18 bits per heavy atom. The molecule has 3 aromatic rings. The van der Waals surface area contributed by atoms with Gasteiger partial charge in [-0.2, -0.15) is 5.10 Å². The van der Waals surface area contributed by atoms with Gasteiger partial charge in [-0.05, 0) is 28.0 Å². The highest BCUT2D eigenvalue weighted by molar-refractivity contribution is 5.78. The van der Waals surface area contributed by atoms with Gasteiger partial charge in [-0.15, -0.1) is 0 Å². The Bertz CT molecular complexity index is 767. The molecule has 0 spiro atoms. The first-order valence-corrected chi connectivity index (χ1v) is 6.92. The molecule has 1 unspecified atom stereocenters. The largest absolute Gasteiger partial charge is 0.341 e. The summed E-state index contributed by atoms with van der Waals surface area (Å²) >= 11 is 0. The zero-order valence-corrected chi connectivity index (χ0v) is 12.4. The first-order valence-electron chi connectivity index (χ1n) is 6.92. The van der Waals surface area contributed by atoms with E-state index >= 15 is 0 Å². The van der Waals surface area contributed by atoms with Crippen LogP contribution in [0, 0.1) is 5.92 Å². The Hall–Kier alpha value is -2.77. The van der Waals surface area contributed by atoms with Crippen LogP contribution >= 0.6 is 0 Å². The number of aromatic nitrogens is 5. The van der Waals surface area contributed by atoms with E-state index in [2.05, 4.69) is 25.0 Å². The lowest BCUT2D eigenvalue weighted by atomic mass is 10.1. The molecule has 1 atom stereocenters. The average Bonchev–Trinajstić information content (AvgIpc) is 3.16. The highest BCUT2D eigenvalue weighted by Gasteiger charge is 2.18. The molecule has 1 amide bonds. The fourth-order valence-electron chi connectivity index (χ4n) is 2.34. The first-order chi connectivity index (χ1) is 10.6. The SMILES string of the molecule is CC(Cn1cncn1)C(=O)N(C)Cc1ccc2nonc2c1. The second-order valence-electron chi connectivity index (χ2n) is 5.30. The van der Waals surface area contributed by atoms with Crippen LogP contribution in [-0.2, 0) is 17.9 Å². The van der Waals surface area contributed by atoms with E-state index in [9.17, 15) is 4.79 Å². The minimum absolute atomic E-state index is 0.0499. The Balaban J connectivity index is 1.64. The molecule has 3 rings (SSSR count). The summed E-state index contributed by atoms with van der Waals surface area (Å²) in [5.41, 5.74) is 2.37. The van der Waals surface area contributed by atoms with E-state index in [4.69, 9.17) is 0 Å². The van der Waals surface area contributed by atoms with Crippen LogP contribution < -0.4 is 0 Å². The highest BCUT2D eigenvalue weighted by Crippen LogP contribution is 2.14. The van der Waals surface area contributed by atoms with E-state index in [1.807, 2.05) is 25.1 Å². The summed E-state index contributed by atoms with van der Waals surface area (Å²) in [4.78, 5) is 18.0. The molecule has 1 aromatic carbocycles. The van der Waals surface area contributed by atoms with Crippen LogP contribution in [0.3, 0.4) is 0 Å². The van der Waals surface area contributed by atoms with Crippen molar-refractivity contribution < 1.29 is 9.42 Å². The molecule has 0 radical (unpaired) electrons. The number of amides is 1. The third kappa shape index (κ3) is 2.95. The molecule has 8 heteroatoms. The molecular formula is C14H16N6O2. The van der Waals surface area contributed by atoms with Gasteiger partial charge in [0.15, 0.2) is 0 Å². The number of hydrogen-bond donors (Lipinski definition) is 0. The molecule has 0 aliphatic rings. The summed E-state index contributed by atoms with van der Waals surface area (Å²) in [6.45, 7) is 2.89. The van der Waals surface area contributed by atoms with Crippen LogP contribution in [0.1, 0.15) is 12.5 Å². The van der Waals surface area contributed by atoms with Gasteiger partial charge in [-0.1, -0.05) is 13.0 Å². The number of benzene rings is 1. The maximum atomic E-state index is 12.4. The number of fused-ring (bicyclic) bond motifs is 1. The molecule has 0 saturated heterocycles. The van der Waals surface area contributed by atoms with Crippen LogP contribution in [0.25, 0.3) is 11.0 Å². The molecule has 0 aliphatic carbocycles. The van der Waals surface area contributed by atoms with Gasteiger partial charge in [0.1, 0.15) is 23.7 Å². The Labute approximate surface area is 126 Å². The van der Waals surface area contributed by atoms with Crippen molar-refractivity contribution in [3.8, 4) is 0 Å². The molecule has 0 fully saturated rings. The fourth-order valence-corrected chi connectivity index (χ4v) is 2.34. The molecule has 114 valence electrons. The van der Waals surface area contributed by atoms with Crippen molar-refractivity contribution in [3.63, 3.8) is 0 Å². The zero-order valence-electron chi connectivity index (χ0n) is 12.4. The van der Waals surface area contributed by atoms with Gasteiger partial charge in [0.25, 0.3) is 0 Å². The quantitative estimate of drug-likeness (QED) is 0.701. The van der Waals surface area contributed by atoms with Crippen LogP contribution in [0.2, 0.25) is 0 Å². The topological polar surface area (TPSA) is 89.9 Å². The van der Waals surface area contributed by atoms with E-state index in [0.29, 0.717) is 24.1 Å². The van der Waals surface area contributed by atoms with E-state index in [-0.39, 0.29) is 11.8 Å². The van der Waals surface area contributed by atoms with Crippen LogP contribution in [0.15, 0.2) is 35.5 Å². The van der Waals surface area contributed by atoms with Crippen molar-refractivity contribution in [2.24, 2.45) is 5.92 Å². The molecular weight excluding hydrogens is 284 g/mol. The second kappa shape index (κ2) is 5.92. The molecule has 0 bridgehead atoms. The van der Waals surface area contributed by atoms with Gasteiger partial charge in [0, 0.05) is 13.6 Å². The summed E-state index contributed by atoms with van der Waals surface area (Å²) in [5, 5.41) is 11.6. The highest BCUT2D eigenvalue weighted by atomic mass is 16.6. The van der Waals surface area contributed by atoms with Crippen molar-refractivity contribution in [1.82, 2.24) is 30.0 Å². The van der Waals surface area contributed by atoms with Gasteiger partial charge >= 0.3 is 0 Å². The molecule has 0 N–H and O–H groups in total. The molecule has 2 heterocycles. The third-order valence-electron chi connectivity index (χ3n) is 3.46. The van der Waals surface area contributed by atoms with Crippen molar-refractivity contribution in [3.05, 3.63) is 36.4 Å². The standard InChI is InChI=1S/C14H16N6O2/c1-10(6-20-9-15-8-16-20)14(21)19(2)7-11-3-4-12-13(5-11)18-22-17-12/h3-5,8-10H,6-7H2,1-2H3. The minimum atomic E-state index is -0.177. The van der Waals surface area contributed by atoms with Gasteiger partial charge < -0.3 is 4.90 Å². The fraction of sp³-hybridized carbons (Fsp3) is 0.357.